The monoisotopic (exact) mass is 264 g/mol. The van der Waals surface area contributed by atoms with Crippen LogP contribution in [0.3, 0.4) is 0 Å². The van der Waals surface area contributed by atoms with Gasteiger partial charge in [-0.2, -0.15) is 39.5 Å². The maximum atomic E-state index is 12.5. The highest BCUT2D eigenvalue weighted by Gasteiger charge is 2.71. The van der Waals surface area contributed by atoms with E-state index in [1.807, 2.05) is 0 Å². The molecular formula is C6H2F10. The summed E-state index contributed by atoms with van der Waals surface area (Å²) in [5, 5.41) is 0. The van der Waals surface area contributed by atoms with E-state index in [2.05, 4.69) is 0 Å². The van der Waals surface area contributed by atoms with Crippen LogP contribution in [0.4, 0.5) is 43.9 Å². The van der Waals surface area contributed by atoms with Crippen LogP contribution in [0.25, 0.3) is 0 Å². The van der Waals surface area contributed by atoms with Gasteiger partial charge in [-0.25, -0.2) is 4.39 Å². The molecule has 0 aromatic heterocycles. The minimum absolute atomic E-state index is 1.45. The molecular weight excluding hydrogens is 262 g/mol. The van der Waals surface area contributed by atoms with Crippen LogP contribution in [0.5, 0.6) is 0 Å². The van der Waals surface area contributed by atoms with Crippen molar-refractivity contribution in [1.29, 1.82) is 0 Å². The molecule has 0 atom stereocenters. The molecule has 0 aromatic carbocycles. The van der Waals surface area contributed by atoms with Crippen molar-refractivity contribution in [1.82, 2.24) is 0 Å². The van der Waals surface area contributed by atoms with Crippen molar-refractivity contribution in [3.8, 4) is 0 Å². The van der Waals surface area contributed by atoms with E-state index >= 15 is 0 Å². The van der Waals surface area contributed by atoms with E-state index in [1.54, 1.807) is 0 Å². The Labute approximate surface area is 81.5 Å². The first-order valence-corrected chi connectivity index (χ1v) is 3.30. The molecule has 0 spiro atoms. The van der Waals surface area contributed by atoms with Gasteiger partial charge in [-0.1, -0.05) is 0 Å². The summed E-state index contributed by atoms with van der Waals surface area (Å²) in [6.07, 6.45) is -21.6. The molecule has 0 unspecified atom stereocenters. The average Bonchev–Trinajstić information content (AvgIpc) is 1.93. The van der Waals surface area contributed by atoms with Gasteiger partial charge >= 0.3 is 24.2 Å². The van der Waals surface area contributed by atoms with E-state index in [4.69, 9.17) is 0 Å². The fourth-order valence-electron chi connectivity index (χ4n) is 0.559. The van der Waals surface area contributed by atoms with Crippen LogP contribution in [0.15, 0.2) is 12.2 Å². The van der Waals surface area contributed by atoms with Crippen molar-refractivity contribution in [2.45, 2.75) is 24.2 Å². The fraction of sp³-hybridized carbons (Fsp3) is 0.667. The second kappa shape index (κ2) is 3.81. The van der Waals surface area contributed by atoms with Gasteiger partial charge in [0.25, 0.3) is 0 Å². The Bertz CT molecular complexity index is 249. The van der Waals surface area contributed by atoms with Gasteiger partial charge < -0.3 is 0 Å². The lowest BCUT2D eigenvalue weighted by molar-refractivity contribution is -0.322. The second-order valence-corrected chi connectivity index (χ2v) is 2.58. The highest BCUT2D eigenvalue weighted by molar-refractivity contribution is 5.12. The van der Waals surface area contributed by atoms with Crippen LogP contribution in [-0.4, -0.2) is 24.2 Å². The van der Waals surface area contributed by atoms with Gasteiger partial charge in [-0.3, -0.25) is 0 Å². The van der Waals surface area contributed by atoms with Crippen LogP contribution in [0.2, 0.25) is 0 Å². The van der Waals surface area contributed by atoms with Gasteiger partial charge in [0.1, 0.15) is 0 Å². The minimum atomic E-state index is -6.52. The zero-order valence-corrected chi connectivity index (χ0v) is 6.93. The molecule has 0 N–H and O–H groups in total. The third kappa shape index (κ3) is 3.27. The van der Waals surface area contributed by atoms with E-state index in [0.717, 1.165) is 0 Å². The molecule has 0 aliphatic heterocycles. The Morgan fingerprint density at radius 3 is 1.00 bits per heavy atom. The summed E-state index contributed by atoms with van der Waals surface area (Å²) in [4.78, 5) is 0. The molecule has 0 fully saturated rings. The van der Waals surface area contributed by atoms with Gasteiger partial charge in [0, 0.05) is 6.08 Å². The van der Waals surface area contributed by atoms with E-state index in [0.29, 0.717) is 0 Å². The second-order valence-electron chi connectivity index (χ2n) is 2.58. The van der Waals surface area contributed by atoms with Gasteiger partial charge in [0.15, 0.2) is 0 Å². The van der Waals surface area contributed by atoms with Crippen molar-refractivity contribution in [2.75, 3.05) is 0 Å². The highest BCUT2D eigenvalue weighted by Crippen LogP contribution is 2.47. The van der Waals surface area contributed by atoms with Crippen molar-refractivity contribution in [3.05, 3.63) is 12.2 Å². The molecule has 0 saturated heterocycles. The number of hydrogen-bond acceptors (Lipinski definition) is 0. The Kier molecular flexibility index (Phi) is 3.58. The van der Waals surface area contributed by atoms with Gasteiger partial charge in [0.2, 0.25) is 0 Å². The van der Waals surface area contributed by atoms with Crippen molar-refractivity contribution < 1.29 is 43.9 Å². The van der Waals surface area contributed by atoms with Crippen molar-refractivity contribution in [3.63, 3.8) is 0 Å². The highest BCUT2D eigenvalue weighted by atomic mass is 19.4. The number of alkyl halides is 10. The molecule has 96 valence electrons. The molecule has 0 rings (SSSR count). The summed E-state index contributed by atoms with van der Waals surface area (Å²) in [6, 6.07) is 0. The summed E-state index contributed by atoms with van der Waals surface area (Å²) in [6.45, 7) is 0. The van der Waals surface area contributed by atoms with E-state index in [1.165, 1.54) is 0 Å². The molecule has 0 aliphatic rings. The van der Waals surface area contributed by atoms with Crippen LogP contribution >= 0.6 is 0 Å². The molecule has 0 nitrogen and oxygen atoms in total. The average molecular weight is 264 g/mol. The molecule has 0 bridgehead atoms. The Hall–Kier alpha value is -0.960. The van der Waals surface area contributed by atoms with Gasteiger partial charge in [0.05, 0.1) is 0 Å². The lowest BCUT2D eigenvalue weighted by Crippen LogP contribution is -2.51. The molecule has 0 aromatic rings. The predicted molar refractivity (Wildman–Crippen MR) is 31.1 cm³/mol. The van der Waals surface area contributed by atoms with Crippen molar-refractivity contribution >= 4 is 0 Å². The SMILES string of the molecule is FC(F)(F)/C=C\C(F)(C(F)(F)F)C(F)(F)F. The number of rotatable bonds is 1. The smallest absolute Gasteiger partial charge is 0.219 e. The lowest BCUT2D eigenvalue weighted by Gasteiger charge is -2.27. The number of allylic oxidation sites excluding steroid dienone is 2. The van der Waals surface area contributed by atoms with E-state index in [-0.39, 0.29) is 0 Å². The predicted octanol–water partition coefficient (Wildman–Crippen LogP) is 3.94. The first-order chi connectivity index (χ1) is 6.71. The standard InChI is InChI=1S/C6H2F10/c7-3(5(11,12)13,6(14,15)16)1-2-4(8,9)10/h1-2H/b2-1-. The van der Waals surface area contributed by atoms with E-state index in [9.17, 15) is 43.9 Å². The molecule has 0 aliphatic carbocycles. The summed E-state index contributed by atoms with van der Waals surface area (Å²) >= 11 is 0. The maximum Gasteiger partial charge on any atom is 0.435 e. The first kappa shape index (κ1) is 15.0. The van der Waals surface area contributed by atoms with Crippen LogP contribution in [-0.2, 0) is 0 Å². The topological polar surface area (TPSA) is 0 Å². The summed E-state index contributed by atoms with van der Waals surface area (Å²) < 4.78 is 117. The molecule has 0 saturated carbocycles. The Balaban J connectivity index is 5.39. The zero-order valence-electron chi connectivity index (χ0n) is 6.93. The fourth-order valence-corrected chi connectivity index (χ4v) is 0.559. The summed E-state index contributed by atoms with van der Waals surface area (Å²) in [7, 11) is 0. The third-order valence-electron chi connectivity index (χ3n) is 1.33. The molecule has 0 amide bonds. The summed E-state index contributed by atoms with van der Waals surface area (Å²) in [5.74, 6) is 0. The maximum absolute atomic E-state index is 12.5. The van der Waals surface area contributed by atoms with Gasteiger partial charge in [-0.05, 0) is 6.08 Å². The molecule has 10 heteroatoms. The van der Waals surface area contributed by atoms with E-state index < -0.39 is 36.3 Å². The molecule has 16 heavy (non-hydrogen) atoms. The summed E-state index contributed by atoms with van der Waals surface area (Å²) in [5.41, 5.74) is -6.02. The Morgan fingerprint density at radius 2 is 0.812 bits per heavy atom. The third-order valence-corrected chi connectivity index (χ3v) is 1.33. The van der Waals surface area contributed by atoms with Crippen LogP contribution in [0.1, 0.15) is 0 Å². The molecule has 0 heterocycles. The first-order valence-electron chi connectivity index (χ1n) is 3.30. The van der Waals surface area contributed by atoms with Crippen LogP contribution in [0, 0.1) is 0 Å². The molecule has 0 radical (unpaired) electrons. The Morgan fingerprint density at radius 1 is 0.500 bits per heavy atom. The van der Waals surface area contributed by atoms with Crippen molar-refractivity contribution in [2.24, 2.45) is 0 Å². The van der Waals surface area contributed by atoms with Crippen LogP contribution < -0.4 is 0 Å². The number of hydrogen-bond donors (Lipinski definition) is 0. The number of halogens is 10. The largest absolute Gasteiger partial charge is 0.435 e. The minimum Gasteiger partial charge on any atom is -0.219 e. The quantitative estimate of drug-likeness (QED) is 0.497. The normalized spacial score (nSPS) is 15.9. The lowest BCUT2D eigenvalue weighted by atomic mass is 10.0. The zero-order chi connectivity index (χ0) is 13.4. The van der Waals surface area contributed by atoms with Gasteiger partial charge in [-0.15, -0.1) is 0 Å².